The molecule has 0 unspecified atom stereocenters. The molecule has 0 saturated heterocycles. The Morgan fingerprint density at radius 2 is 0.774 bits per heavy atom. The fraction of sp³-hybridized carbons (Fsp3) is 0.586. The van der Waals surface area contributed by atoms with Crippen LogP contribution in [0.2, 0.25) is 0 Å². The number of anilines is 2. The molecule has 0 heterocycles. The summed E-state index contributed by atoms with van der Waals surface area (Å²) in [4.78, 5) is 0. The van der Waals surface area contributed by atoms with Crippen LogP contribution in [0.15, 0.2) is 24.3 Å². The first-order valence-electron chi connectivity index (χ1n) is 12.4. The van der Waals surface area contributed by atoms with Crippen LogP contribution < -0.4 is 10.6 Å². The minimum Gasteiger partial charge on any atom is -0.385 e. The number of benzene rings is 2. The van der Waals surface area contributed by atoms with E-state index in [0.29, 0.717) is 23.7 Å². The van der Waals surface area contributed by atoms with Gasteiger partial charge in [0.2, 0.25) is 0 Å². The van der Waals surface area contributed by atoms with Gasteiger partial charge in [-0.15, -0.1) is 0 Å². The fourth-order valence-corrected chi connectivity index (χ4v) is 4.53. The predicted octanol–water partition coefficient (Wildman–Crippen LogP) is 8.63. The van der Waals surface area contributed by atoms with E-state index in [0.717, 1.165) is 19.5 Å². The van der Waals surface area contributed by atoms with Crippen molar-refractivity contribution in [3.63, 3.8) is 0 Å². The Kier molecular flexibility index (Phi) is 9.03. The standard InChI is InChI=1S/C29H46N2/c1-11-30-28-24(18(3)4)14-22(15-25(28)19(5)6)13-23-16-26(20(7)8)29(31-12-2)27(17-23)21(9)10/h14-21,30-31H,11-13H2,1-10H3. The lowest BCUT2D eigenvalue weighted by atomic mass is 9.86. The summed E-state index contributed by atoms with van der Waals surface area (Å²) in [6.07, 6.45) is 0.984. The molecule has 0 aliphatic carbocycles. The van der Waals surface area contributed by atoms with Crippen LogP contribution in [-0.2, 0) is 6.42 Å². The molecule has 2 aromatic carbocycles. The molecule has 0 aliphatic heterocycles. The van der Waals surface area contributed by atoms with Gasteiger partial charge in [-0.25, -0.2) is 0 Å². The lowest BCUT2D eigenvalue weighted by molar-refractivity contribution is 0.823. The van der Waals surface area contributed by atoms with Crippen molar-refractivity contribution in [2.75, 3.05) is 23.7 Å². The molecule has 31 heavy (non-hydrogen) atoms. The lowest BCUT2D eigenvalue weighted by Gasteiger charge is -2.24. The maximum absolute atomic E-state index is 3.66. The van der Waals surface area contributed by atoms with Crippen molar-refractivity contribution in [2.45, 2.75) is 99.3 Å². The molecule has 0 radical (unpaired) electrons. The molecule has 0 atom stereocenters. The summed E-state index contributed by atoms with van der Waals surface area (Å²) in [5.41, 5.74) is 11.3. The van der Waals surface area contributed by atoms with Gasteiger partial charge in [0.25, 0.3) is 0 Å². The van der Waals surface area contributed by atoms with E-state index in [4.69, 9.17) is 0 Å². The summed E-state index contributed by atoms with van der Waals surface area (Å²) < 4.78 is 0. The first-order chi connectivity index (χ1) is 14.6. The quantitative estimate of drug-likeness (QED) is 0.400. The second-order valence-corrected chi connectivity index (χ2v) is 10.2. The first-order valence-corrected chi connectivity index (χ1v) is 12.4. The van der Waals surface area contributed by atoms with Crippen molar-refractivity contribution in [2.24, 2.45) is 0 Å². The van der Waals surface area contributed by atoms with Gasteiger partial charge < -0.3 is 10.6 Å². The molecule has 0 aliphatic rings. The third-order valence-electron chi connectivity index (χ3n) is 6.12. The van der Waals surface area contributed by atoms with Crippen LogP contribution >= 0.6 is 0 Å². The average Bonchev–Trinajstić information content (AvgIpc) is 2.69. The van der Waals surface area contributed by atoms with Gasteiger partial charge in [-0.05, 0) is 77.3 Å². The van der Waals surface area contributed by atoms with Crippen molar-refractivity contribution in [1.29, 1.82) is 0 Å². The van der Waals surface area contributed by atoms with Crippen LogP contribution in [0.5, 0.6) is 0 Å². The SMILES string of the molecule is CCNc1c(C(C)C)cc(Cc2cc(C(C)C)c(NCC)c(C(C)C)c2)cc1C(C)C. The zero-order valence-corrected chi connectivity index (χ0v) is 21.7. The second kappa shape index (κ2) is 11.1. The molecule has 2 heteroatoms. The normalized spacial score (nSPS) is 11.8. The van der Waals surface area contributed by atoms with Gasteiger partial charge in [0.1, 0.15) is 0 Å². The highest BCUT2D eigenvalue weighted by molar-refractivity contribution is 5.64. The molecular weight excluding hydrogens is 376 g/mol. The largest absolute Gasteiger partial charge is 0.385 e. The zero-order valence-electron chi connectivity index (χ0n) is 21.7. The molecule has 2 nitrogen and oxygen atoms in total. The Labute approximate surface area is 192 Å². The van der Waals surface area contributed by atoms with Crippen LogP contribution in [0, 0.1) is 0 Å². The summed E-state index contributed by atoms with van der Waals surface area (Å²) in [7, 11) is 0. The van der Waals surface area contributed by atoms with E-state index in [9.17, 15) is 0 Å². The molecule has 0 aromatic heterocycles. The Morgan fingerprint density at radius 3 is 0.968 bits per heavy atom. The monoisotopic (exact) mass is 422 g/mol. The Hall–Kier alpha value is -1.96. The van der Waals surface area contributed by atoms with Gasteiger partial charge in [-0.1, -0.05) is 79.7 Å². The smallest absolute Gasteiger partial charge is 0.0410 e. The summed E-state index contributed by atoms with van der Waals surface area (Å²) >= 11 is 0. The number of rotatable bonds is 10. The molecule has 0 amide bonds. The van der Waals surface area contributed by atoms with E-state index in [2.05, 4.69) is 104 Å². The summed E-state index contributed by atoms with van der Waals surface area (Å²) in [6, 6.07) is 9.77. The van der Waals surface area contributed by atoms with Gasteiger partial charge in [-0.3, -0.25) is 0 Å². The topological polar surface area (TPSA) is 24.1 Å². The van der Waals surface area contributed by atoms with Crippen molar-refractivity contribution < 1.29 is 0 Å². The summed E-state index contributed by atoms with van der Waals surface area (Å²) in [6.45, 7) is 24.8. The summed E-state index contributed by atoms with van der Waals surface area (Å²) in [5, 5.41) is 7.32. The van der Waals surface area contributed by atoms with Crippen LogP contribution in [-0.4, -0.2) is 13.1 Å². The Bertz CT molecular complexity index is 730. The molecular formula is C29H46N2. The maximum Gasteiger partial charge on any atom is 0.0410 e. The first kappa shape index (κ1) is 25.3. The van der Waals surface area contributed by atoms with Crippen LogP contribution in [0.4, 0.5) is 11.4 Å². The van der Waals surface area contributed by atoms with E-state index in [1.165, 1.54) is 44.8 Å². The molecule has 0 bridgehead atoms. The van der Waals surface area contributed by atoms with Crippen molar-refractivity contribution in [3.8, 4) is 0 Å². The molecule has 0 spiro atoms. The van der Waals surface area contributed by atoms with E-state index in [-0.39, 0.29) is 0 Å². The molecule has 0 fully saturated rings. The maximum atomic E-state index is 3.66. The van der Waals surface area contributed by atoms with Crippen molar-refractivity contribution in [3.05, 3.63) is 57.6 Å². The van der Waals surface area contributed by atoms with Crippen molar-refractivity contribution >= 4 is 11.4 Å². The lowest BCUT2D eigenvalue weighted by Crippen LogP contribution is -2.10. The molecule has 172 valence electrons. The molecule has 2 N–H and O–H groups in total. The summed E-state index contributed by atoms with van der Waals surface area (Å²) in [5.74, 6) is 2.00. The fourth-order valence-electron chi connectivity index (χ4n) is 4.53. The minimum atomic E-state index is 0.500. The number of hydrogen-bond donors (Lipinski definition) is 2. The second-order valence-electron chi connectivity index (χ2n) is 10.2. The van der Waals surface area contributed by atoms with E-state index >= 15 is 0 Å². The van der Waals surface area contributed by atoms with Gasteiger partial charge in [0, 0.05) is 24.5 Å². The van der Waals surface area contributed by atoms with Gasteiger partial charge in [0.15, 0.2) is 0 Å². The number of hydrogen-bond acceptors (Lipinski definition) is 2. The van der Waals surface area contributed by atoms with Gasteiger partial charge in [-0.2, -0.15) is 0 Å². The molecule has 2 rings (SSSR count). The van der Waals surface area contributed by atoms with Gasteiger partial charge >= 0.3 is 0 Å². The van der Waals surface area contributed by atoms with Crippen molar-refractivity contribution in [1.82, 2.24) is 0 Å². The molecule has 0 saturated carbocycles. The van der Waals surface area contributed by atoms with Crippen LogP contribution in [0.1, 0.15) is 126 Å². The Morgan fingerprint density at radius 1 is 0.516 bits per heavy atom. The van der Waals surface area contributed by atoms with E-state index < -0.39 is 0 Å². The molecule has 2 aromatic rings. The van der Waals surface area contributed by atoms with E-state index in [1.807, 2.05) is 0 Å². The highest BCUT2D eigenvalue weighted by Gasteiger charge is 2.18. The highest BCUT2D eigenvalue weighted by Crippen LogP contribution is 2.37. The average molecular weight is 423 g/mol. The number of nitrogens with one attached hydrogen (secondary N) is 2. The third kappa shape index (κ3) is 6.05. The zero-order chi connectivity index (χ0) is 23.3. The van der Waals surface area contributed by atoms with Crippen LogP contribution in [0.25, 0.3) is 0 Å². The Balaban J connectivity index is 2.62. The van der Waals surface area contributed by atoms with Gasteiger partial charge in [0.05, 0.1) is 0 Å². The van der Waals surface area contributed by atoms with E-state index in [1.54, 1.807) is 0 Å². The predicted molar refractivity (Wildman–Crippen MR) is 140 cm³/mol. The third-order valence-corrected chi connectivity index (χ3v) is 6.12. The van der Waals surface area contributed by atoms with Crippen LogP contribution in [0.3, 0.4) is 0 Å². The minimum absolute atomic E-state index is 0.500. The highest BCUT2D eigenvalue weighted by atomic mass is 14.9.